The van der Waals surface area contributed by atoms with E-state index in [0.29, 0.717) is 43.5 Å². The van der Waals surface area contributed by atoms with Gasteiger partial charge in [-0.25, -0.2) is 9.38 Å². The molecule has 0 bridgehead atoms. The van der Waals surface area contributed by atoms with Crippen LogP contribution in [0, 0.1) is 11.7 Å². The van der Waals surface area contributed by atoms with Crippen molar-refractivity contribution in [3.05, 3.63) is 59.9 Å². The Balaban J connectivity index is 1.59. The van der Waals surface area contributed by atoms with Crippen LogP contribution in [-0.4, -0.2) is 62.6 Å². The topological polar surface area (TPSA) is 83.5 Å². The fraction of sp³-hybridized carbons (Fsp3) is 0.375. The van der Waals surface area contributed by atoms with E-state index in [9.17, 15) is 14.0 Å². The van der Waals surface area contributed by atoms with Crippen LogP contribution in [0.2, 0.25) is 0 Å². The second-order valence-corrected chi connectivity index (χ2v) is 7.81. The number of aliphatic imine (C=N–C) groups is 1. The number of nitrogens with one attached hydrogen (secondary N) is 1. The van der Waals surface area contributed by atoms with Crippen molar-refractivity contribution in [1.29, 1.82) is 0 Å². The van der Waals surface area contributed by atoms with Crippen LogP contribution in [0.1, 0.15) is 18.5 Å². The predicted molar refractivity (Wildman–Crippen MR) is 122 cm³/mol. The first kappa shape index (κ1) is 22.6. The smallest absolute Gasteiger partial charge is 0.321 e. The maximum Gasteiger partial charge on any atom is 0.321 e. The Hall–Kier alpha value is -3.62. The van der Waals surface area contributed by atoms with Gasteiger partial charge < -0.3 is 19.3 Å². The molecule has 2 aromatic carbocycles. The Kier molecular flexibility index (Phi) is 6.76. The summed E-state index contributed by atoms with van der Waals surface area (Å²) in [5.74, 6) is -1.46. The molecular formula is C24H27FN4O4. The molecule has 1 N–H and O–H groups in total. The van der Waals surface area contributed by atoms with E-state index in [1.54, 1.807) is 32.2 Å². The molecule has 2 aliphatic heterocycles. The number of esters is 1. The highest BCUT2D eigenvalue weighted by Crippen LogP contribution is 2.36. The van der Waals surface area contributed by atoms with Gasteiger partial charge in [0.15, 0.2) is 5.92 Å². The molecule has 1 fully saturated rings. The quantitative estimate of drug-likeness (QED) is 0.552. The zero-order chi connectivity index (χ0) is 23.4. The van der Waals surface area contributed by atoms with Gasteiger partial charge in [0.1, 0.15) is 17.6 Å². The average molecular weight is 455 g/mol. The molecule has 0 spiro atoms. The van der Waals surface area contributed by atoms with Crippen LogP contribution in [0.4, 0.5) is 10.1 Å². The van der Waals surface area contributed by atoms with Crippen molar-refractivity contribution in [2.75, 3.05) is 44.8 Å². The van der Waals surface area contributed by atoms with Crippen molar-refractivity contribution >= 4 is 23.5 Å². The molecule has 2 aliphatic rings. The monoisotopic (exact) mass is 454 g/mol. The van der Waals surface area contributed by atoms with Gasteiger partial charge in [0.05, 0.1) is 13.7 Å². The fourth-order valence-electron chi connectivity index (χ4n) is 4.19. The SMILES string of the molecule is CCOC(=O)[C@@H]1C(=O)NC(N2CCN(c3ccc(F)cc3)CC2)=N[C@@H]1c1ccccc1OC. The lowest BCUT2D eigenvalue weighted by Gasteiger charge is -2.39. The van der Waals surface area contributed by atoms with Gasteiger partial charge in [-0.3, -0.25) is 14.9 Å². The van der Waals surface area contributed by atoms with Crippen LogP contribution in [0.3, 0.4) is 0 Å². The van der Waals surface area contributed by atoms with Crippen LogP contribution in [-0.2, 0) is 14.3 Å². The number of ether oxygens (including phenoxy) is 2. The summed E-state index contributed by atoms with van der Waals surface area (Å²) in [4.78, 5) is 34.6. The largest absolute Gasteiger partial charge is 0.496 e. The van der Waals surface area contributed by atoms with Crippen molar-refractivity contribution in [3.63, 3.8) is 0 Å². The highest BCUT2D eigenvalue weighted by molar-refractivity contribution is 6.08. The number of amides is 1. The third-order valence-corrected chi connectivity index (χ3v) is 5.86. The molecule has 0 saturated carbocycles. The van der Waals surface area contributed by atoms with Crippen LogP contribution >= 0.6 is 0 Å². The number of carbonyl (C=O) groups excluding carboxylic acids is 2. The second-order valence-electron chi connectivity index (χ2n) is 7.81. The molecule has 174 valence electrons. The highest BCUT2D eigenvalue weighted by atomic mass is 19.1. The number of nitrogens with zero attached hydrogens (tertiary/aromatic N) is 3. The average Bonchev–Trinajstić information content (AvgIpc) is 2.84. The van der Waals surface area contributed by atoms with E-state index >= 15 is 0 Å². The van der Waals surface area contributed by atoms with E-state index in [2.05, 4.69) is 10.2 Å². The van der Waals surface area contributed by atoms with Crippen LogP contribution in [0.15, 0.2) is 53.5 Å². The molecule has 0 aliphatic carbocycles. The Morgan fingerprint density at radius 2 is 1.76 bits per heavy atom. The fourth-order valence-corrected chi connectivity index (χ4v) is 4.19. The number of para-hydroxylation sites is 1. The predicted octanol–water partition coefficient (Wildman–Crippen LogP) is 2.36. The van der Waals surface area contributed by atoms with Crippen molar-refractivity contribution in [3.8, 4) is 5.75 Å². The Morgan fingerprint density at radius 1 is 1.09 bits per heavy atom. The summed E-state index contributed by atoms with van der Waals surface area (Å²) in [7, 11) is 1.54. The maximum atomic E-state index is 13.2. The number of hydrogen-bond donors (Lipinski definition) is 1. The molecule has 2 aromatic rings. The lowest BCUT2D eigenvalue weighted by Crippen LogP contribution is -2.57. The maximum absolute atomic E-state index is 13.2. The summed E-state index contributed by atoms with van der Waals surface area (Å²) in [6.07, 6.45) is 0. The number of guanidine groups is 1. The van der Waals surface area contributed by atoms with E-state index in [4.69, 9.17) is 14.5 Å². The van der Waals surface area contributed by atoms with Crippen molar-refractivity contribution in [1.82, 2.24) is 10.2 Å². The summed E-state index contributed by atoms with van der Waals surface area (Å²) in [5, 5.41) is 2.80. The van der Waals surface area contributed by atoms with Crippen LogP contribution in [0.5, 0.6) is 5.75 Å². The number of halogens is 1. The molecule has 0 aromatic heterocycles. The van der Waals surface area contributed by atoms with Crippen LogP contribution < -0.4 is 15.0 Å². The lowest BCUT2D eigenvalue weighted by atomic mass is 9.90. The molecule has 1 amide bonds. The van der Waals surface area contributed by atoms with E-state index in [0.717, 1.165) is 5.69 Å². The molecule has 9 heteroatoms. The molecule has 1 saturated heterocycles. The van der Waals surface area contributed by atoms with Gasteiger partial charge in [-0.05, 0) is 37.3 Å². The third-order valence-electron chi connectivity index (χ3n) is 5.86. The number of hydrogen-bond acceptors (Lipinski definition) is 7. The summed E-state index contributed by atoms with van der Waals surface area (Å²) in [6, 6.07) is 12.9. The molecule has 4 rings (SSSR count). The molecule has 33 heavy (non-hydrogen) atoms. The minimum absolute atomic E-state index is 0.170. The van der Waals surface area contributed by atoms with Gasteiger partial charge in [0, 0.05) is 37.4 Å². The Morgan fingerprint density at radius 3 is 2.42 bits per heavy atom. The van der Waals surface area contributed by atoms with Crippen molar-refractivity contribution < 1.29 is 23.5 Å². The number of rotatable bonds is 5. The Bertz CT molecular complexity index is 1040. The summed E-state index contributed by atoms with van der Waals surface area (Å²) in [6.45, 7) is 4.45. The minimum atomic E-state index is -1.11. The van der Waals surface area contributed by atoms with E-state index < -0.39 is 23.8 Å². The van der Waals surface area contributed by atoms with E-state index in [1.807, 2.05) is 23.1 Å². The van der Waals surface area contributed by atoms with Gasteiger partial charge in [-0.15, -0.1) is 0 Å². The van der Waals surface area contributed by atoms with E-state index in [-0.39, 0.29) is 12.4 Å². The van der Waals surface area contributed by atoms with Crippen molar-refractivity contribution in [2.24, 2.45) is 10.9 Å². The molecule has 8 nitrogen and oxygen atoms in total. The first-order chi connectivity index (χ1) is 16.0. The van der Waals surface area contributed by atoms with Crippen LogP contribution in [0.25, 0.3) is 0 Å². The van der Waals surface area contributed by atoms with Gasteiger partial charge >= 0.3 is 5.97 Å². The van der Waals surface area contributed by atoms with Gasteiger partial charge in [0.2, 0.25) is 11.9 Å². The first-order valence-corrected chi connectivity index (χ1v) is 11.0. The second kappa shape index (κ2) is 9.89. The summed E-state index contributed by atoms with van der Waals surface area (Å²) < 4.78 is 23.9. The molecular weight excluding hydrogens is 427 g/mol. The van der Waals surface area contributed by atoms with Gasteiger partial charge in [0.25, 0.3) is 0 Å². The summed E-state index contributed by atoms with van der Waals surface area (Å²) in [5.41, 5.74) is 1.59. The molecule has 0 radical (unpaired) electrons. The number of benzene rings is 2. The minimum Gasteiger partial charge on any atom is -0.496 e. The third kappa shape index (κ3) is 4.76. The number of methoxy groups -OCH3 is 1. The Labute approximate surface area is 192 Å². The molecule has 0 unspecified atom stereocenters. The normalized spacial score (nSPS) is 20.7. The zero-order valence-corrected chi connectivity index (χ0v) is 18.7. The standard InChI is InChI=1S/C24H27FN4O4/c1-3-33-23(31)20-21(18-6-4-5-7-19(18)32-2)26-24(27-22(20)30)29-14-12-28(13-15-29)17-10-8-16(25)9-11-17/h4-11,20-21H,3,12-15H2,1-2H3,(H,26,27,30)/t20-,21+/m0/s1. The first-order valence-electron chi connectivity index (χ1n) is 11.0. The number of carbonyl (C=O) groups is 2. The number of piperazine rings is 1. The molecule has 2 heterocycles. The highest BCUT2D eigenvalue weighted by Gasteiger charge is 2.43. The lowest BCUT2D eigenvalue weighted by molar-refractivity contribution is -0.153. The van der Waals surface area contributed by atoms with Crippen molar-refractivity contribution in [2.45, 2.75) is 13.0 Å². The van der Waals surface area contributed by atoms with E-state index in [1.165, 1.54) is 12.1 Å². The molecule has 2 atom stereocenters. The van der Waals surface area contributed by atoms with Gasteiger partial charge in [-0.1, -0.05) is 18.2 Å². The number of anilines is 1. The van der Waals surface area contributed by atoms with Gasteiger partial charge in [-0.2, -0.15) is 0 Å². The summed E-state index contributed by atoms with van der Waals surface area (Å²) >= 11 is 0. The zero-order valence-electron chi connectivity index (χ0n) is 18.7.